The molecule has 1 unspecified atom stereocenters. The van der Waals surface area contributed by atoms with Crippen molar-refractivity contribution in [3.8, 4) is 0 Å². The Morgan fingerprint density at radius 3 is 2.30 bits per heavy atom. The van der Waals surface area contributed by atoms with Crippen molar-refractivity contribution in [2.45, 2.75) is 23.7 Å². The highest BCUT2D eigenvalue weighted by Crippen LogP contribution is 2.26. The molecular weight excluding hydrogens is 299 g/mol. The number of ether oxygens (including phenoxy) is 1. The second kappa shape index (κ2) is 5.06. The Morgan fingerprint density at radius 2 is 1.85 bits per heavy atom. The summed E-state index contributed by atoms with van der Waals surface area (Å²) in [7, 11) is -3.56. The zero-order valence-electron chi connectivity index (χ0n) is 10.6. The minimum Gasteiger partial charge on any atom is -0.433 e. The van der Waals surface area contributed by atoms with Crippen LogP contribution in [0.3, 0.4) is 0 Å². The molecule has 0 aliphatic carbocycles. The van der Waals surface area contributed by atoms with Crippen LogP contribution in [-0.4, -0.2) is 26.8 Å². The van der Waals surface area contributed by atoms with E-state index in [1.807, 2.05) is 0 Å². The Balaban J connectivity index is 3.14. The van der Waals surface area contributed by atoms with Gasteiger partial charge in [-0.1, -0.05) is 12.1 Å². The summed E-state index contributed by atoms with van der Waals surface area (Å²) in [6.07, 6.45) is -4.25. The summed E-state index contributed by atoms with van der Waals surface area (Å²) in [6, 6.07) is 4.86. The topological polar surface area (TPSA) is 86.5 Å². The van der Waals surface area contributed by atoms with Gasteiger partial charge in [-0.05, 0) is 19.1 Å². The van der Waals surface area contributed by atoms with E-state index in [2.05, 4.69) is 4.74 Å². The van der Waals surface area contributed by atoms with Gasteiger partial charge in [0.1, 0.15) is 0 Å². The number of carbonyl (C=O) groups is 1. The second-order valence-electron chi connectivity index (χ2n) is 4.29. The smallest absolute Gasteiger partial charge is 0.433 e. The van der Waals surface area contributed by atoms with Crippen molar-refractivity contribution in [2.75, 3.05) is 6.26 Å². The fraction of sp³-hybridized carbons (Fsp3) is 0.364. The Labute approximate surface area is 113 Å². The molecule has 1 aromatic rings. The van der Waals surface area contributed by atoms with Crippen LogP contribution in [0.25, 0.3) is 0 Å². The maximum atomic E-state index is 12.1. The molecule has 0 saturated carbocycles. The van der Waals surface area contributed by atoms with Gasteiger partial charge in [0.05, 0.1) is 4.90 Å². The lowest BCUT2D eigenvalue weighted by Gasteiger charge is -2.26. The van der Waals surface area contributed by atoms with Gasteiger partial charge in [-0.2, -0.15) is 13.2 Å². The molecule has 5 nitrogen and oxygen atoms in total. The number of sulfone groups is 1. The third-order valence-electron chi connectivity index (χ3n) is 2.37. The number of esters is 1. The molecule has 0 aliphatic heterocycles. The van der Waals surface area contributed by atoms with E-state index >= 15 is 0 Å². The quantitative estimate of drug-likeness (QED) is 0.672. The highest BCUT2D eigenvalue weighted by atomic mass is 32.2. The summed E-state index contributed by atoms with van der Waals surface area (Å²) >= 11 is 0. The van der Waals surface area contributed by atoms with Crippen LogP contribution in [0.2, 0.25) is 0 Å². The average Bonchev–Trinajstić information content (AvgIpc) is 2.26. The number of benzene rings is 1. The molecule has 0 bridgehead atoms. The first-order valence-electron chi connectivity index (χ1n) is 5.24. The summed E-state index contributed by atoms with van der Waals surface area (Å²) in [5.41, 5.74) is 3.33. The van der Waals surface area contributed by atoms with Crippen LogP contribution in [-0.2, 0) is 25.1 Å². The first-order chi connectivity index (χ1) is 8.84. The van der Waals surface area contributed by atoms with Crippen LogP contribution in [0, 0.1) is 0 Å². The largest absolute Gasteiger partial charge is 0.491 e. The van der Waals surface area contributed by atoms with Crippen LogP contribution < -0.4 is 5.73 Å². The molecule has 0 aromatic heterocycles. The van der Waals surface area contributed by atoms with E-state index in [9.17, 15) is 26.4 Å². The van der Waals surface area contributed by atoms with Crippen molar-refractivity contribution in [2.24, 2.45) is 5.73 Å². The molecule has 0 amide bonds. The van der Waals surface area contributed by atoms with Crippen LogP contribution in [0.4, 0.5) is 13.2 Å². The lowest BCUT2D eigenvalue weighted by atomic mass is 10.1. The summed E-state index contributed by atoms with van der Waals surface area (Å²) in [5, 5.41) is 0. The van der Waals surface area contributed by atoms with Gasteiger partial charge in [0.2, 0.25) is 0 Å². The molecule has 1 aromatic carbocycles. The van der Waals surface area contributed by atoms with Gasteiger partial charge in [-0.25, -0.2) is 13.2 Å². The van der Waals surface area contributed by atoms with E-state index < -0.39 is 27.7 Å². The zero-order valence-corrected chi connectivity index (χ0v) is 11.4. The van der Waals surface area contributed by atoms with E-state index in [4.69, 9.17) is 5.73 Å². The van der Waals surface area contributed by atoms with Crippen molar-refractivity contribution >= 4 is 15.8 Å². The zero-order chi connectivity index (χ0) is 15.8. The third-order valence-corrected chi connectivity index (χ3v) is 3.48. The molecule has 0 saturated heterocycles. The molecule has 2 N–H and O–H groups in total. The molecule has 0 fully saturated rings. The number of nitrogens with two attached hydrogens (primary N) is 1. The first kappa shape index (κ1) is 16.4. The normalized spacial score (nSPS) is 15.5. The Hall–Kier alpha value is -1.61. The van der Waals surface area contributed by atoms with E-state index in [0.29, 0.717) is 0 Å². The van der Waals surface area contributed by atoms with Crippen LogP contribution >= 0.6 is 0 Å². The fourth-order valence-electron chi connectivity index (χ4n) is 1.34. The Kier molecular flexibility index (Phi) is 4.16. The van der Waals surface area contributed by atoms with Gasteiger partial charge in [-0.15, -0.1) is 0 Å². The third kappa shape index (κ3) is 3.94. The molecular formula is C11H12F3NO4S. The van der Waals surface area contributed by atoms with Gasteiger partial charge < -0.3 is 4.74 Å². The minimum atomic E-state index is -5.19. The summed E-state index contributed by atoms with van der Waals surface area (Å²) in [6.45, 7) is 1.03. The lowest BCUT2D eigenvalue weighted by Crippen LogP contribution is -2.42. The molecule has 20 heavy (non-hydrogen) atoms. The Morgan fingerprint density at radius 1 is 1.30 bits per heavy atom. The second-order valence-corrected chi connectivity index (χ2v) is 6.31. The predicted octanol–water partition coefficient (Wildman–Crippen LogP) is 1.33. The van der Waals surface area contributed by atoms with Crippen LogP contribution in [0.1, 0.15) is 12.5 Å². The minimum absolute atomic E-state index is 0.0713. The standard InChI is InChI=1S/C11H12F3NO4S/c1-10(15,19-9(16)11(12,13)14)7-4-3-5-8(6-7)20(2,17)18/h3-6H,15H2,1-2H3. The summed E-state index contributed by atoms with van der Waals surface area (Å²) in [4.78, 5) is 10.6. The molecule has 0 spiro atoms. The fourth-order valence-corrected chi connectivity index (χ4v) is 2.01. The molecule has 1 atom stereocenters. The highest BCUT2D eigenvalue weighted by molar-refractivity contribution is 7.90. The number of hydrogen-bond donors (Lipinski definition) is 1. The van der Waals surface area contributed by atoms with Crippen molar-refractivity contribution in [3.05, 3.63) is 29.8 Å². The number of hydrogen-bond acceptors (Lipinski definition) is 5. The summed E-state index contributed by atoms with van der Waals surface area (Å²) in [5.74, 6) is -2.45. The number of alkyl halides is 3. The summed E-state index contributed by atoms with van der Waals surface area (Å²) < 4.78 is 63.3. The molecule has 112 valence electrons. The molecule has 9 heteroatoms. The molecule has 0 radical (unpaired) electrons. The highest BCUT2D eigenvalue weighted by Gasteiger charge is 2.44. The van der Waals surface area contributed by atoms with Gasteiger partial charge in [0.15, 0.2) is 15.6 Å². The van der Waals surface area contributed by atoms with Crippen LogP contribution in [0.5, 0.6) is 0 Å². The van der Waals surface area contributed by atoms with Crippen LogP contribution in [0.15, 0.2) is 29.2 Å². The molecule has 0 heterocycles. The van der Waals surface area contributed by atoms with Crippen molar-refractivity contribution < 1.29 is 31.1 Å². The van der Waals surface area contributed by atoms with Gasteiger partial charge >= 0.3 is 12.1 Å². The monoisotopic (exact) mass is 311 g/mol. The first-order valence-corrected chi connectivity index (χ1v) is 7.13. The van der Waals surface area contributed by atoms with E-state index in [1.165, 1.54) is 18.2 Å². The predicted molar refractivity (Wildman–Crippen MR) is 63.2 cm³/mol. The number of rotatable bonds is 3. The van der Waals surface area contributed by atoms with Gasteiger partial charge in [0.25, 0.3) is 0 Å². The van der Waals surface area contributed by atoms with Crippen molar-refractivity contribution in [1.82, 2.24) is 0 Å². The SMILES string of the molecule is CC(N)(OC(=O)C(F)(F)F)c1cccc(S(C)(=O)=O)c1. The van der Waals surface area contributed by atoms with Gasteiger partial charge in [0, 0.05) is 11.8 Å². The van der Waals surface area contributed by atoms with Crippen molar-refractivity contribution in [1.29, 1.82) is 0 Å². The molecule has 1 rings (SSSR count). The van der Waals surface area contributed by atoms with E-state index in [0.717, 1.165) is 19.2 Å². The molecule has 0 aliphatic rings. The Bertz CT molecular complexity index is 623. The average molecular weight is 311 g/mol. The number of carbonyl (C=O) groups excluding carboxylic acids is 1. The van der Waals surface area contributed by atoms with E-state index in [1.54, 1.807) is 0 Å². The van der Waals surface area contributed by atoms with Gasteiger partial charge in [-0.3, -0.25) is 5.73 Å². The maximum absolute atomic E-state index is 12.1. The lowest BCUT2D eigenvalue weighted by molar-refractivity contribution is -0.213. The van der Waals surface area contributed by atoms with E-state index in [-0.39, 0.29) is 10.5 Å². The maximum Gasteiger partial charge on any atom is 0.491 e. The number of halogens is 3. The van der Waals surface area contributed by atoms with Crippen molar-refractivity contribution in [3.63, 3.8) is 0 Å².